The Morgan fingerprint density at radius 3 is 2.59 bits per heavy atom. The van der Waals surface area contributed by atoms with Gasteiger partial charge in [0.05, 0.1) is 5.52 Å². The second-order valence-electron chi connectivity index (χ2n) is 6.22. The molecule has 3 aromatic heterocycles. The Hall–Kier alpha value is -3.23. The molecule has 0 aliphatic rings. The molecule has 0 amide bonds. The van der Waals surface area contributed by atoms with Crippen LogP contribution in [0.3, 0.4) is 0 Å². The minimum atomic E-state index is -4.50. The molecule has 0 saturated carbocycles. The molecule has 0 spiro atoms. The standard InChI is InChI=1S/C18H14F3N5O/c1-10-3-5-13-12(7-10)4-6-14(22-13)17-24-23-16(27-17)9-26-11(2)8-15(25-26)18(19,20)21/h3-8H,9H2,1-2H3. The summed E-state index contributed by atoms with van der Waals surface area (Å²) >= 11 is 0. The van der Waals surface area contributed by atoms with Crippen molar-refractivity contribution in [3.05, 3.63) is 59.2 Å². The first-order chi connectivity index (χ1) is 12.8. The lowest BCUT2D eigenvalue weighted by Crippen LogP contribution is -2.09. The van der Waals surface area contributed by atoms with E-state index in [1.54, 1.807) is 6.07 Å². The van der Waals surface area contributed by atoms with Crippen LogP contribution in [0.15, 0.2) is 40.8 Å². The molecule has 1 aromatic carbocycles. The molecule has 0 atom stereocenters. The van der Waals surface area contributed by atoms with Crippen molar-refractivity contribution in [1.29, 1.82) is 0 Å². The first kappa shape index (κ1) is 17.2. The molecule has 27 heavy (non-hydrogen) atoms. The van der Waals surface area contributed by atoms with E-state index in [1.165, 1.54) is 11.6 Å². The SMILES string of the molecule is Cc1ccc2nc(-c3nnc(Cn4nc(C(F)(F)F)cc4C)o3)ccc2c1. The summed E-state index contributed by atoms with van der Waals surface area (Å²) in [4.78, 5) is 4.49. The third kappa shape index (κ3) is 3.40. The van der Waals surface area contributed by atoms with E-state index in [4.69, 9.17) is 4.42 Å². The van der Waals surface area contributed by atoms with Gasteiger partial charge in [0.15, 0.2) is 5.69 Å². The van der Waals surface area contributed by atoms with Crippen molar-refractivity contribution in [3.63, 3.8) is 0 Å². The molecule has 4 aromatic rings. The Morgan fingerprint density at radius 2 is 1.85 bits per heavy atom. The Morgan fingerprint density at radius 1 is 1.04 bits per heavy atom. The summed E-state index contributed by atoms with van der Waals surface area (Å²) in [6.45, 7) is 3.48. The Labute approximate surface area is 151 Å². The predicted molar refractivity (Wildman–Crippen MR) is 90.8 cm³/mol. The van der Waals surface area contributed by atoms with Gasteiger partial charge in [-0.3, -0.25) is 4.68 Å². The van der Waals surface area contributed by atoms with Gasteiger partial charge in [-0.05, 0) is 38.1 Å². The highest BCUT2D eigenvalue weighted by Gasteiger charge is 2.34. The highest BCUT2D eigenvalue weighted by molar-refractivity contribution is 5.81. The van der Waals surface area contributed by atoms with E-state index in [2.05, 4.69) is 20.3 Å². The summed E-state index contributed by atoms with van der Waals surface area (Å²) in [5.41, 5.74) is 1.81. The normalized spacial score (nSPS) is 12.0. The smallest absolute Gasteiger partial charge is 0.417 e. The van der Waals surface area contributed by atoms with E-state index < -0.39 is 11.9 Å². The maximum atomic E-state index is 12.8. The van der Waals surface area contributed by atoms with Gasteiger partial charge in [0, 0.05) is 11.1 Å². The van der Waals surface area contributed by atoms with Crippen molar-refractivity contribution in [1.82, 2.24) is 25.0 Å². The lowest BCUT2D eigenvalue weighted by atomic mass is 10.1. The summed E-state index contributed by atoms with van der Waals surface area (Å²) in [5.74, 6) is 0.351. The Bertz CT molecular complexity index is 1130. The van der Waals surface area contributed by atoms with Gasteiger partial charge in [-0.25, -0.2) is 4.98 Å². The average molecular weight is 373 g/mol. The minimum absolute atomic E-state index is 0.0539. The Balaban J connectivity index is 1.61. The van der Waals surface area contributed by atoms with Crippen LogP contribution < -0.4 is 0 Å². The molecular weight excluding hydrogens is 359 g/mol. The first-order valence-corrected chi connectivity index (χ1v) is 8.11. The van der Waals surface area contributed by atoms with Crippen LogP contribution in [0.2, 0.25) is 0 Å². The zero-order valence-electron chi connectivity index (χ0n) is 14.4. The number of halogens is 3. The van der Waals surface area contributed by atoms with Gasteiger partial charge in [0.2, 0.25) is 5.89 Å². The molecule has 0 unspecified atom stereocenters. The van der Waals surface area contributed by atoms with Gasteiger partial charge in [-0.15, -0.1) is 10.2 Å². The zero-order chi connectivity index (χ0) is 19.2. The lowest BCUT2D eigenvalue weighted by Gasteiger charge is -2.02. The van der Waals surface area contributed by atoms with Crippen LogP contribution in [0.4, 0.5) is 13.2 Å². The number of nitrogens with zero attached hydrogens (tertiary/aromatic N) is 5. The molecule has 4 rings (SSSR count). The second-order valence-corrected chi connectivity index (χ2v) is 6.22. The predicted octanol–water partition coefficient (Wildman–Crippen LogP) is 4.17. The van der Waals surface area contributed by atoms with Crippen LogP contribution in [0, 0.1) is 13.8 Å². The molecule has 0 aliphatic heterocycles. The van der Waals surface area contributed by atoms with Crippen molar-refractivity contribution in [2.24, 2.45) is 0 Å². The monoisotopic (exact) mass is 373 g/mol. The number of aryl methyl sites for hydroxylation is 2. The van der Waals surface area contributed by atoms with Crippen molar-refractivity contribution in [3.8, 4) is 11.6 Å². The molecule has 3 heterocycles. The number of fused-ring (bicyclic) bond motifs is 1. The van der Waals surface area contributed by atoms with Gasteiger partial charge in [0.25, 0.3) is 5.89 Å². The van der Waals surface area contributed by atoms with Crippen molar-refractivity contribution < 1.29 is 17.6 Å². The maximum absolute atomic E-state index is 12.8. The van der Waals surface area contributed by atoms with Crippen LogP contribution >= 0.6 is 0 Å². The minimum Gasteiger partial charge on any atom is -0.417 e. The second kappa shape index (κ2) is 6.19. The number of rotatable bonds is 3. The third-order valence-corrected chi connectivity index (χ3v) is 4.09. The van der Waals surface area contributed by atoms with E-state index >= 15 is 0 Å². The van der Waals surface area contributed by atoms with Crippen LogP contribution in [0.1, 0.15) is 22.8 Å². The van der Waals surface area contributed by atoms with E-state index in [0.717, 1.165) is 22.5 Å². The van der Waals surface area contributed by atoms with E-state index in [-0.39, 0.29) is 18.3 Å². The Kier molecular flexibility index (Phi) is 3.94. The number of alkyl halides is 3. The van der Waals surface area contributed by atoms with Gasteiger partial charge < -0.3 is 4.42 Å². The maximum Gasteiger partial charge on any atom is 0.435 e. The van der Waals surface area contributed by atoms with Crippen molar-refractivity contribution in [2.75, 3.05) is 0 Å². The summed E-state index contributed by atoms with van der Waals surface area (Å²) in [6, 6.07) is 10.5. The molecule has 0 radical (unpaired) electrons. The van der Waals surface area contributed by atoms with Gasteiger partial charge in [-0.2, -0.15) is 18.3 Å². The molecule has 0 fully saturated rings. The molecule has 9 heteroatoms. The quantitative estimate of drug-likeness (QED) is 0.539. The van der Waals surface area contributed by atoms with Crippen LogP contribution in [-0.2, 0) is 12.7 Å². The first-order valence-electron chi connectivity index (χ1n) is 8.11. The number of benzene rings is 1. The topological polar surface area (TPSA) is 69.6 Å². The van der Waals surface area contributed by atoms with Gasteiger partial charge >= 0.3 is 6.18 Å². The number of hydrogen-bond donors (Lipinski definition) is 0. The lowest BCUT2D eigenvalue weighted by molar-refractivity contribution is -0.141. The molecule has 0 aliphatic carbocycles. The number of pyridine rings is 1. The molecule has 0 saturated heterocycles. The van der Waals surface area contributed by atoms with E-state index in [1.807, 2.05) is 31.2 Å². The fraction of sp³-hybridized carbons (Fsp3) is 0.222. The molecular formula is C18H14F3N5O. The highest BCUT2D eigenvalue weighted by Crippen LogP contribution is 2.28. The average Bonchev–Trinajstić information content (AvgIpc) is 3.22. The summed E-state index contributed by atoms with van der Waals surface area (Å²) in [6.07, 6.45) is -4.50. The molecule has 138 valence electrons. The zero-order valence-corrected chi connectivity index (χ0v) is 14.4. The molecule has 0 bridgehead atoms. The fourth-order valence-corrected chi connectivity index (χ4v) is 2.72. The summed E-state index contributed by atoms with van der Waals surface area (Å²) < 4.78 is 45.0. The van der Waals surface area contributed by atoms with Crippen LogP contribution in [0.5, 0.6) is 0 Å². The number of aromatic nitrogens is 5. The largest absolute Gasteiger partial charge is 0.435 e. The van der Waals surface area contributed by atoms with E-state index in [0.29, 0.717) is 11.4 Å². The molecule has 6 nitrogen and oxygen atoms in total. The summed E-state index contributed by atoms with van der Waals surface area (Å²) in [5, 5.41) is 12.4. The number of hydrogen-bond acceptors (Lipinski definition) is 5. The fourth-order valence-electron chi connectivity index (χ4n) is 2.72. The van der Waals surface area contributed by atoms with Crippen LogP contribution in [0.25, 0.3) is 22.5 Å². The highest BCUT2D eigenvalue weighted by atomic mass is 19.4. The third-order valence-electron chi connectivity index (χ3n) is 4.09. The molecule has 0 N–H and O–H groups in total. The van der Waals surface area contributed by atoms with Crippen molar-refractivity contribution in [2.45, 2.75) is 26.6 Å². The van der Waals surface area contributed by atoms with E-state index in [9.17, 15) is 13.2 Å². The summed E-state index contributed by atoms with van der Waals surface area (Å²) in [7, 11) is 0. The van der Waals surface area contributed by atoms with Crippen LogP contribution in [-0.4, -0.2) is 25.0 Å². The van der Waals surface area contributed by atoms with Gasteiger partial charge in [0.1, 0.15) is 12.2 Å². The van der Waals surface area contributed by atoms with Crippen molar-refractivity contribution >= 4 is 10.9 Å². The van der Waals surface area contributed by atoms with Gasteiger partial charge in [-0.1, -0.05) is 17.7 Å².